The van der Waals surface area contributed by atoms with E-state index in [0.717, 1.165) is 15.5 Å². The minimum atomic E-state index is -1.11. The predicted octanol–water partition coefficient (Wildman–Crippen LogP) is 4.65. The molecule has 2 bridgehead atoms. The highest BCUT2D eigenvalue weighted by Gasteiger charge is 2.72. The van der Waals surface area contributed by atoms with Gasteiger partial charge in [0.15, 0.2) is 0 Å². The third kappa shape index (κ3) is 2.84. The Kier molecular flexibility index (Phi) is 4.01. The molecule has 4 nitrogen and oxygen atoms in total. The van der Waals surface area contributed by atoms with E-state index in [4.69, 9.17) is 0 Å². The van der Waals surface area contributed by atoms with E-state index < -0.39 is 11.1 Å². The number of anilines is 2. The summed E-state index contributed by atoms with van der Waals surface area (Å²) in [6.45, 7) is 2.04. The maximum absolute atomic E-state index is 13.8. The first-order valence-electron chi connectivity index (χ1n) is 9.56. The van der Waals surface area contributed by atoms with Gasteiger partial charge in [0.05, 0.1) is 23.2 Å². The monoisotopic (exact) mass is 406 g/mol. The minimum absolute atomic E-state index is 0.0894. The van der Waals surface area contributed by atoms with E-state index in [-0.39, 0.29) is 11.8 Å². The molecule has 4 aliphatic rings. The number of hydrogen-bond donors (Lipinski definition) is 1. The molecule has 146 valence electrons. The molecular formula is C23H19FN2O2S. The standard InChI is InChI=1S/C23H19FN2O2S/c1-2-3-10-26-17-9-8-15(25-21(28)22-12-23(24,13-22)14-22)11-19(17)29-18-7-5-4-6-16(18)20(26)27/h4-9,11H,10,12-14H2,1H3,(H,25,28). The van der Waals surface area contributed by atoms with Gasteiger partial charge in [-0.15, -0.1) is 5.92 Å². The van der Waals surface area contributed by atoms with Crippen molar-refractivity contribution >= 4 is 35.0 Å². The highest BCUT2D eigenvalue weighted by atomic mass is 32.2. The van der Waals surface area contributed by atoms with Crippen molar-refractivity contribution in [1.82, 2.24) is 0 Å². The van der Waals surface area contributed by atoms with Crippen molar-refractivity contribution in [3.63, 3.8) is 0 Å². The number of halogens is 1. The van der Waals surface area contributed by atoms with Crippen LogP contribution in [-0.4, -0.2) is 24.0 Å². The normalized spacial score (nSPS) is 26.0. The Morgan fingerprint density at radius 3 is 2.69 bits per heavy atom. The fraction of sp³-hybridized carbons (Fsp3) is 0.304. The molecule has 1 N–H and O–H groups in total. The van der Waals surface area contributed by atoms with Crippen LogP contribution >= 0.6 is 11.8 Å². The Labute approximate surface area is 172 Å². The lowest BCUT2D eigenvalue weighted by Crippen LogP contribution is -2.68. The van der Waals surface area contributed by atoms with Gasteiger partial charge in [-0.3, -0.25) is 14.5 Å². The Morgan fingerprint density at radius 2 is 1.97 bits per heavy atom. The molecule has 0 spiro atoms. The molecule has 2 aromatic carbocycles. The SMILES string of the molecule is CC#CCN1C(=O)c2ccccc2Sc2cc(NC(=O)C34CC(F)(C3)C4)ccc21. The summed E-state index contributed by atoms with van der Waals surface area (Å²) < 4.78 is 13.8. The van der Waals surface area contributed by atoms with Crippen LogP contribution in [0.2, 0.25) is 0 Å². The van der Waals surface area contributed by atoms with Gasteiger partial charge in [0.25, 0.3) is 5.91 Å². The Balaban J connectivity index is 1.48. The Hall–Kier alpha value is -2.78. The quantitative estimate of drug-likeness (QED) is 0.755. The third-order valence-corrected chi connectivity index (χ3v) is 7.08. The zero-order valence-corrected chi connectivity index (χ0v) is 16.7. The van der Waals surface area contributed by atoms with E-state index in [1.807, 2.05) is 36.4 Å². The first-order chi connectivity index (χ1) is 13.9. The Bertz CT molecular complexity index is 1100. The summed E-state index contributed by atoms with van der Waals surface area (Å²) in [5.74, 6) is 5.63. The van der Waals surface area contributed by atoms with Crippen LogP contribution in [0.15, 0.2) is 52.3 Å². The fourth-order valence-corrected chi connectivity index (χ4v) is 5.60. The van der Waals surface area contributed by atoms with E-state index in [1.165, 1.54) is 11.8 Å². The van der Waals surface area contributed by atoms with Gasteiger partial charge in [-0.2, -0.15) is 0 Å². The third-order valence-electron chi connectivity index (χ3n) is 5.95. The van der Waals surface area contributed by atoms with Crippen molar-refractivity contribution < 1.29 is 14.0 Å². The summed E-state index contributed by atoms with van der Waals surface area (Å²) >= 11 is 1.50. The number of amides is 2. The average molecular weight is 406 g/mol. The van der Waals surface area contributed by atoms with Crippen LogP contribution in [0.25, 0.3) is 0 Å². The van der Waals surface area contributed by atoms with Crippen LogP contribution in [0.1, 0.15) is 36.5 Å². The smallest absolute Gasteiger partial charge is 0.260 e. The second kappa shape index (κ2) is 6.36. The molecule has 0 atom stereocenters. The average Bonchev–Trinajstić information content (AvgIpc) is 2.77. The number of carbonyl (C=O) groups is 2. The van der Waals surface area contributed by atoms with Crippen LogP contribution in [0.4, 0.5) is 15.8 Å². The van der Waals surface area contributed by atoms with Gasteiger partial charge in [0.1, 0.15) is 5.67 Å². The molecule has 29 heavy (non-hydrogen) atoms. The van der Waals surface area contributed by atoms with Crippen molar-refractivity contribution in [2.75, 3.05) is 16.8 Å². The largest absolute Gasteiger partial charge is 0.326 e. The molecule has 1 aliphatic heterocycles. The minimum Gasteiger partial charge on any atom is -0.326 e. The number of rotatable bonds is 3. The summed E-state index contributed by atoms with van der Waals surface area (Å²) in [5, 5.41) is 2.95. The second-order valence-electron chi connectivity index (χ2n) is 8.01. The Morgan fingerprint density at radius 1 is 1.21 bits per heavy atom. The number of nitrogens with zero attached hydrogens (tertiary/aromatic N) is 1. The maximum atomic E-state index is 13.8. The first kappa shape index (κ1) is 18.3. The van der Waals surface area contributed by atoms with Gasteiger partial charge in [-0.25, -0.2) is 4.39 Å². The van der Waals surface area contributed by atoms with E-state index >= 15 is 0 Å². The number of fused-ring (bicyclic) bond motifs is 2. The predicted molar refractivity (Wildman–Crippen MR) is 111 cm³/mol. The summed E-state index contributed by atoms with van der Waals surface area (Å²) in [4.78, 5) is 29.2. The zero-order valence-electron chi connectivity index (χ0n) is 15.9. The van der Waals surface area contributed by atoms with Crippen LogP contribution < -0.4 is 10.2 Å². The topological polar surface area (TPSA) is 49.4 Å². The molecule has 3 fully saturated rings. The van der Waals surface area contributed by atoms with Crippen molar-refractivity contribution in [3.8, 4) is 11.8 Å². The van der Waals surface area contributed by atoms with Gasteiger partial charge >= 0.3 is 0 Å². The number of nitrogens with one attached hydrogen (secondary N) is 1. The van der Waals surface area contributed by atoms with E-state index in [2.05, 4.69) is 17.2 Å². The number of carbonyl (C=O) groups excluding carboxylic acids is 2. The fourth-order valence-electron chi connectivity index (χ4n) is 4.49. The lowest BCUT2D eigenvalue weighted by atomic mass is 9.42. The molecule has 3 saturated carbocycles. The molecule has 0 saturated heterocycles. The summed E-state index contributed by atoms with van der Waals surface area (Å²) in [7, 11) is 0. The van der Waals surface area contributed by atoms with Crippen LogP contribution in [0.3, 0.4) is 0 Å². The molecule has 0 unspecified atom stereocenters. The molecule has 2 amide bonds. The first-order valence-corrected chi connectivity index (χ1v) is 10.4. The molecule has 2 aromatic rings. The van der Waals surface area contributed by atoms with Gasteiger partial charge in [-0.05, 0) is 56.5 Å². The molecule has 6 rings (SSSR count). The van der Waals surface area contributed by atoms with Crippen LogP contribution in [0.5, 0.6) is 0 Å². The number of hydrogen-bond acceptors (Lipinski definition) is 3. The molecule has 3 aliphatic carbocycles. The summed E-state index contributed by atoms with van der Waals surface area (Å²) in [5.41, 5.74) is 0.433. The van der Waals surface area contributed by atoms with Gasteiger partial charge in [0, 0.05) is 15.5 Å². The zero-order chi connectivity index (χ0) is 20.2. The molecule has 1 heterocycles. The molecule has 0 radical (unpaired) electrons. The van der Waals surface area contributed by atoms with Gasteiger partial charge in [0.2, 0.25) is 5.91 Å². The summed E-state index contributed by atoms with van der Waals surface area (Å²) in [6, 6.07) is 13.0. The lowest BCUT2D eigenvalue weighted by molar-refractivity contribution is -0.209. The summed E-state index contributed by atoms with van der Waals surface area (Å²) in [6.07, 6.45) is 0.991. The van der Waals surface area contributed by atoms with Crippen LogP contribution in [-0.2, 0) is 4.79 Å². The number of benzene rings is 2. The molecule has 6 heteroatoms. The van der Waals surface area contributed by atoms with E-state index in [1.54, 1.807) is 17.9 Å². The van der Waals surface area contributed by atoms with Crippen molar-refractivity contribution in [2.45, 2.75) is 41.6 Å². The molecular weight excluding hydrogens is 387 g/mol. The molecule has 0 aromatic heterocycles. The van der Waals surface area contributed by atoms with Crippen molar-refractivity contribution in [3.05, 3.63) is 48.0 Å². The highest BCUT2D eigenvalue weighted by molar-refractivity contribution is 7.99. The van der Waals surface area contributed by atoms with Gasteiger partial charge < -0.3 is 5.32 Å². The van der Waals surface area contributed by atoms with Crippen LogP contribution in [0, 0.1) is 17.3 Å². The lowest BCUT2D eigenvalue weighted by Gasteiger charge is -2.64. The maximum Gasteiger partial charge on any atom is 0.260 e. The van der Waals surface area contributed by atoms with E-state index in [0.29, 0.717) is 37.1 Å². The van der Waals surface area contributed by atoms with Crippen molar-refractivity contribution in [1.29, 1.82) is 0 Å². The second-order valence-corrected chi connectivity index (χ2v) is 9.10. The highest BCUT2D eigenvalue weighted by Crippen LogP contribution is 2.69. The van der Waals surface area contributed by atoms with Crippen molar-refractivity contribution in [2.24, 2.45) is 5.41 Å². The van der Waals surface area contributed by atoms with E-state index in [9.17, 15) is 14.0 Å². The van der Waals surface area contributed by atoms with Gasteiger partial charge in [-0.1, -0.05) is 29.8 Å². The number of alkyl halides is 1.